The lowest BCUT2D eigenvalue weighted by atomic mass is 10.1. The highest BCUT2D eigenvalue weighted by Gasteiger charge is 2.14. The van der Waals surface area contributed by atoms with Crippen molar-refractivity contribution in [2.24, 2.45) is 10.9 Å². The smallest absolute Gasteiger partial charge is 0.230 e. The standard InChI is InChI=1S/C14H14FN3O2/c1-8-5-6-17-14(12(8)13(16)18-19)20-10-3-4-11(15)9(2)7-10/h3-7,19H,1-2H3,(H2,16,18). The third-order valence-electron chi connectivity index (χ3n) is 2.83. The third kappa shape index (κ3) is 2.69. The molecule has 0 aliphatic carbocycles. The molecule has 0 spiro atoms. The first kappa shape index (κ1) is 13.8. The number of oxime groups is 1. The van der Waals surface area contributed by atoms with E-state index in [1.165, 1.54) is 12.1 Å². The summed E-state index contributed by atoms with van der Waals surface area (Å²) in [5.74, 6) is 0.218. The van der Waals surface area contributed by atoms with Crippen molar-refractivity contribution in [3.05, 3.63) is 53.0 Å². The Hall–Kier alpha value is -2.63. The Labute approximate surface area is 115 Å². The third-order valence-corrected chi connectivity index (χ3v) is 2.83. The van der Waals surface area contributed by atoms with Crippen LogP contribution in [0, 0.1) is 19.7 Å². The summed E-state index contributed by atoms with van der Waals surface area (Å²) >= 11 is 0. The molecule has 1 heterocycles. The quantitative estimate of drug-likeness (QED) is 0.390. The molecule has 104 valence electrons. The number of ether oxygens (including phenoxy) is 1. The predicted molar refractivity (Wildman–Crippen MR) is 72.7 cm³/mol. The van der Waals surface area contributed by atoms with E-state index in [2.05, 4.69) is 10.1 Å². The second kappa shape index (κ2) is 5.56. The highest BCUT2D eigenvalue weighted by atomic mass is 19.1. The van der Waals surface area contributed by atoms with Crippen molar-refractivity contribution in [3.63, 3.8) is 0 Å². The number of hydrogen-bond donors (Lipinski definition) is 2. The number of nitrogens with zero attached hydrogens (tertiary/aromatic N) is 2. The van der Waals surface area contributed by atoms with Gasteiger partial charge in [-0.25, -0.2) is 9.37 Å². The molecule has 6 heteroatoms. The molecule has 2 rings (SSSR count). The highest BCUT2D eigenvalue weighted by Crippen LogP contribution is 2.26. The van der Waals surface area contributed by atoms with Gasteiger partial charge >= 0.3 is 0 Å². The molecule has 0 fully saturated rings. The van der Waals surface area contributed by atoms with Crippen LogP contribution < -0.4 is 10.5 Å². The molecule has 0 bridgehead atoms. The zero-order valence-corrected chi connectivity index (χ0v) is 11.1. The molecule has 3 N–H and O–H groups in total. The number of aryl methyl sites for hydroxylation is 2. The van der Waals surface area contributed by atoms with E-state index in [1.54, 1.807) is 32.2 Å². The first-order valence-electron chi connectivity index (χ1n) is 5.90. The van der Waals surface area contributed by atoms with Gasteiger partial charge in [-0.3, -0.25) is 0 Å². The molecule has 1 aromatic carbocycles. The Kier molecular flexibility index (Phi) is 3.84. The monoisotopic (exact) mass is 275 g/mol. The molecular weight excluding hydrogens is 261 g/mol. The summed E-state index contributed by atoms with van der Waals surface area (Å²) in [5, 5.41) is 11.8. The lowest BCUT2D eigenvalue weighted by molar-refractivity contribution is 0.318. The van der Waals surface area contributed by atoms with Gasteiger partial charge in [-0.15, -0.1) is 0 Å². The second-order valence-electron chi connectivity index (χ2n) is 4.31. The van der Waals surface area contributed by atoms with Gasteiger partial charge in [-0.2, -0.15) is 0 Å². The van der Waals surface area contributed by atoms with E-state index in [1.807, 2.05) is 0 Å². The Morgan fingerprint density at radius 2 is 2.05 bits per heavy atom. The molecule has 20 heavy (non-hydrogen) atoms. The summed E-state index contributed by atoms with van der Waals surface area (Å²) in [6.07, 6.45) is 1.55. The number of aromatic nitrogens is 1. The summed E-state index contributed by atoms with van der Waals surface area (Å²) in [5.41, 5.74) is 7.24. The van der Waals surface area contributed by atoms with E-state index < -0.39 is 0 Å². The lowest BCUT2D eigenvalue weighted by Gasteiger charge is -2.11. The van der Waals surface area contributed by atoms with Crippen molar-refractivity contribution in [3.8, 4) is 11.6 Å². The van der Waals surface area contributed by atoms with E-state index in [4.69, 9.17) is 15.7 Å². The van der Waals surface area contributed by atoms with Gasteiger partial charge < -0.3 is 15.7 Å². The van der Waals surface area contributed by atoms with Gasteiger partial charge in [0.15, 0.2) is 5.84 Å². The zero-order valence-electron chi connectivity index (χ0n) is 11.1. The van der Waals surface area contributed by atoms with E-state index >= 15 is 0 Å². The van der Waals surface area contributed by atoms with Gasteiger partial charge in [0.05, 0.1) is 5.56 Å². The summed E-state index contributed by atoms with van der Waals surface area (Å²) in [4.78, 5) is 4.07. The van der Waals surface area contributed by atoms with E-state index in [-0.39, 0.29) is 17.5 Å². The van der Waals surface area contributed by atoms with Crippen LogP contribution in [-0.4, -0.2) is 16.0 Å². The highest BCUT2D eigenvalue weighted by molar-refractivity contribution is 6.00. The van der Waals surface area contributed by atoms with Crippen molar-refractivity contribution in [1.82, 2.24) is 4.98 Å². The lowest BCUT2D eigenvalue weighted by Crippen LogP contribution is -2.16. The number of benzene rings is 1. The maximum Gasteiger partial charge on any atom is 0.230 e. The average Bonchev–Trinajstić information content (AvgIpc) is 2.42. The minimum absolute atomic E-state index is 0.0931. The molecule has 0 aliphatic rings. The van der Waals surface area contributed by atoms with Crippen LogP contribution in [0.5, 0.6) is 11.6 Å². The first-order chi connectivity index (χ1) is 9.52. The van der Waals surface area contributed by atoms with Crippen molar-refractivity contribution in [1.29, 1.82) is 0 Å². The number of nitrogens with two attached hydrogens (primary N) is 1. The van der Waals surface area contributed by atoms with Crippen LogP contribution in [0.4, 0.5) is 4.39 Å². The Morgan fingerprint density at radius 1 is 1.30 bits per heavy atom. The summed E-state index contributed by atoms with van der Waals surface area (Å²) in [6.45, 7) is 3.42. The van der Waals surface area contributed by atoms with Gasteiger partial charge in [0.25, 0.3) is 0 Å². The van der Waals surface area contributed by atoms with Crippen LogP contribution in [0.3, 0.4) is 0 Å². The normalized spacial score (nSPS) is 11.4. The SMILES string of the molecule is Cc1cc(Oc2nccc(C)c2/C(N)=N/O)ccc1F. The molecule has 0 saturated carbocycles. The van der Waals surface area contributed by atoms with Crippen LogP contribution >= 0.6 is 0 Å². The van der Waals surface area contributed by atoms with Crippen LogP contribution in [0.25, 0.3) is 0 Å². The topological polar surface area (TPSA) is 80.7 Å². The molecule has 0 saturated heterocycles. The van der Waals surface area contributed by atoms with Crippen LogP contribution in [0.2, 0.25) is 0 Å². The van der Waals surface area contributed by atoms with Crippen molar-refractivity contribution in [2.75, 3.05) is 0 Å². The maximum absolute atomic E-state index is 13.2. The number of amidine groups is 1. The Morgan fingerprint density at radius 3 is 2.70 bits per heavy atom. The summed E-state index contributed by atoms with van der Waals surface area (Å²) < 4.78 is 18.8. The maximum atomic E-state index is 13.2. The molecule has 0 amide bonds. The zero-order chi connectivity index (χ0) is 14.7. The fourth-order valence-electron chi connectivity index (χ4n) is 1.76. The minimum atomic E-state index is -0.314. The van der Waals surface area contributed by atoms with Crippen molar-refractivity contribution < 1.29 is 14.3 Å². The number of halogens is 1. The molecule has 1 aromatic heterocycles. The Balaban J connectivity index is 2.43. The minimum Gasteiger partial charge on any atom is -0.438 e. The van der Waals surface area contributed by atoms with Crippen LogP contribution in [0.1, 0.15) is 16.7 Å². The Bertz CT molecular complexity index is 671. The van der Waals surface area contributed by atoms with Gasteiger partial charge in [0, 0.05) is 6.20 Å². The van der Waals surface area contributed by atoms with Crippen molar-refractivity contribution >= 4 is 5.84 Å². The van der Waals surface area contributed by atoms with E-state index in [9.17, 15) is 4.39 Å². The molecule has 0 aliphatic heterocycles. The van der Waals surface area contributed by atoms with Crippen LogP contribution in [-0.2, 0) is 0 Å². The molecule has 5 nitrogen and oxygen atoms in total. The number of pyridine rings is 1. The first-order valence-corrected chi connectivity index (χ1v) is 5.90. The van der Waals surface area contributed by atoms with Gasteiger partial charge in [0.2, 0.25) is 5.88 Å². The van der Waals surface area contributed by atoms with Gasteiger partial charge in [-0.1, -0.05) is 5.16 Å². The molecule has 2 aromatic rings. The fourth-order valence-corrected chi connectivity index (χ4v) is 1.76. The molecule has 0 radical (unpaired) electrons. The van der Waals surface area contributed by atoms with E-state index in [0.717, 1.165) is 5.56 Å². The summed E-state index contributed by atoms with van der Waals surface area (Å²) in [6, 6.07) is 6.07. The average molecular weight is 275 g/mol. The van der Waals surface area contributed by atoms with Gasteiger partial charge in [-0.05, 0) is 49.2 Å². The second-order valence-corrected chi connectivity index (χ2v) is 4.31. The fraction of sp³-hybridized carbons (Fsp3) is 0.143. The molecule has 0 atom stereocenters. The number of hydrogen-bond acceptors (Lipinski definition) is 4. The summed E-state index contributed by atoms with van der Waals surface area (Å²) in [7, 11) is 0. The largest absolute Gasteiger partial charge is 0.438 e. The van der Waals surface area contributed by atoms with E-state index in [0.29, 0.717) is 16.9 Å². The molecular formula is C14H14FN3O2. The van der Waals surface area contributed by atoms with Crippen LogP contribution in [0.15, 0.2) is 35.6 Å². The van der Waals surface area contributed by atoms with Crippen molar-refractivity contribution in [2.45, 2.75) is 13.8 Å². The number of rotatable bonds is 3. The molecule has 0 unspecified atom stereocenters. The van der Waals surface area contributed by atoms with Gasteiger partial charge in [0.1, 0.15) is 11.6 Å². The predicted octanol–water partition coefficient (Wildman–Crippen LogP) is 2.72.